The third-order valence-electron chi connectivity index (χ3n) is 3.59. The average molecular weight is 218 g/mol. The highest BCUT2D eigenvalue weighted by atomic mass is 16.5. The molecule has 0 aromatic heterocycles. The molecule has 86 valence electrons. The third-order valence-corrected chi connectivity index (χ3v) is 3.59. The largest absolute Gasteiger partial charge is 0.393 e. The van der Waals surface area contributed by atoms with Crippen LogP contribution < -0.4 is 0 Å². The minimum Gasteiger partial charge on any atom is -0.393 e. The highest BCUT2D eigenvalue weighted by Crippen LogP contribution is 2.41. The summed E-state index contributed by atoms with van der Waals surface area (Å²) in [6, 6.07) is 8.71. The van der Waals surface area contributed by atoms with Crippen LogP contribution in [0, 0.1) is 0 Å². The van der Waals surface area contributed by atoms with Crippen LogP contribution >= 0.6 is 0 Å². The maximum absolute atomic E-state index is 9.65. The van der Waals surface area contributed by atoms with Gasteiger partial charge in [0.1, 0.15) is 0 Å². The number of hydrogen-bond donors (Lipinski definition) is 1. The summed E-state index contributed by atoms with van der Waals surface area (Å²) in [4.78, 5) is 0. The lowest BCUT2D eigenvalue weighted by Crippen LogP contribution is -2.23. The van der Waals surface area contributed by atoms with Gasteiger partial charge in [-0.3, -0.25) is 0 Å². The summed E-state index contributed by atoms with van der Waals surface area (Å²) < 4.78 is 5.73. The van der Waals surface area contributed by atoms with E-state index in [-0.39, 0.29) is 12.2 Å². The molecular weight excluding hydrogens is 200 g/mol. The third kappa shape index (κ3) is 2.13. The van der Waals surface area contributed by atoms with Gasteiger partial charge in [-0.1, -0.05) is 24.3 Å². The molecule has 1 aliphatic heterocycles. The lowest BCUT2D eigenvalue weighted by Gasteiger charge is -2.27. The molecule has 2 fully saturated rings. The van der Waals surface area contributed by atoms with Crippen LogP contribution in [-0.2, 0) is 4.74 Å². The monoisotopic (exact) mass is 218 g/mol. The van der Waals surface area contributed by atoms with Crippen LogP contribution in [0.3, 0.4) is 0 Å². The lowest BCUT2D eigenvalue weighted by molar-refractivity contribution is -0.0448. The van der Waals surface area contributed by atoms with E-state index in [1.807, 2.05) is 0 Å². The first-order valence-corrected chi connectivity index (χ1v) is 6.22. The Kier molecular flexibility index (Phi) is 2.70. The quantitative estimate of drug-likeness (QED) is 0.827. The molecule has 1 aliphatic carbocycles. The van der Waals surface area contributed by atoms with Crippen LogP contribution in [0.25, 0.3) is 0 Å². The highest BCUT2D eigenvalue weighted by Gasteiger charge is 2.26. The van der Waals surface area contributed by atoms with Crippen molar-refractivity contribution in [2.24, 2.45) is 0 Å². The van der Waals surface area contributed by atoms with Crippen LogP contribution in [0.2, 0.25) is 0 Å². The minimum absolute atomic E-state index is 0.0995. The summed E-state index contributed by atoms with van der Waals surface area (Å²) in [5.41, 5.74) is 2.68. The van der Waals surface area contributed by atoms with Crippen molar-refractivity contribution in [3.05, 3.63) is 35.4 Å². The van der Waals surface area contributed by atoms with Gasteiger partial charge in [-0.25, -0.2) is 0 Å². The van der Waals surface area contributed by atoms with Gasteiger partial charge in [-0.05, 0) is 36.3 Å². The van der Waals surface area contributed by atoms with Crippen LogP contribution in [0.1, 0.15) is 48.8 Å². The summed E-state index contributed by atoms with van der Waals surface area (Å²) in [5, 5.41) is 9.65. The molecule has 1 aromatic rings. The molecule has 1 saturated carbocycles. The van der Waals surface area contributed by atoms with Gasteiger partial charge in [0.25, 0.3) is 0 Å². The van der Waals surface area contributed by atoms with E-state index in [0.29, 0.717) is 6.61 Å². The summed E-state index contributed by atoms with van der Waals surface area (Å²) in [5.74, 6) is 0.786. The number of rotatable bonds is 2. The molecule has 1 N–H and O–H groups in total. The van der Waals surface area contributed by atoms with Gasteiger partial charge in [-0.2, -0.15) is 0 Å². The summed E-state index contributed by atoms with van der Waals surface area (Å²) in [6.45, 7) is 0.680. The zero-order chi connectivity index (χ0) is 11.0. The van der Waals surface area contributed by atoms with Gasteiger partial charge >= 0.3 is 0 Å². The van der Waals surface area contributed by atoms with Crippen LogP contribution in [0.15, 0.2) is 24.3 Å². The van der Waals surface area contributed by atoms with Gasteiger partial charge in [0, 0.05) is 13.0 Å². The van der Waals surface area contributed by atoms with Gasteiger partial charge in [0.2, 0.25) is 0 Å². The molecule has 1 saturated heterocycles. The van der Waals surface area contributed by atoms with Gasteiger partial charge in [-0.15, -0.1) is 0 Å². The molecule has 16 heavy (non-hydrogen) atoms. The summed E-state index contributed by atoms with van der Waals surface area (Å²) in [6.07, 6.45) is 4.09. The number of benzene rings is 1. The number of aliphatic hydroxyl groups is 1. The molecule has 2 heteroatoms. The van der Waals surface area contributed by atoms with E-state index in [1.165, 1.54) is 24.0 Å². The molecule has 2 nitrogen and oxygen atoms in total. The van der Waals surface area contributed by atoms with E-state index < -0.39 is 0 Å². The Labute approximate surface area is 96.2 Å². The van der Waals surface area contributed by atoms with E-state index in [1.54, 1.807) is 0 Å². The molecule has 0 radical (unpaired) electrons. The molecule has 1 heterocycles. The molecule has 2 unspecified atom stereocenters. The van der Waals surface area contributed by atoms with Crippen molar-refractivity contribution in [3.63, 3.8) is 0 Å². The minimum atomic E-state index is -0.191. The zero-order valence-corrected chi connectivity index (χ0v) is 9.43. The lowest BCUT2D eigenvalue weighted by atomic mass is 9.97. The summed E-state index contributed by atoms with van der Waals surface area (Å²) >= 11 is 0. The molecule has 1 aromatic carbocycles. The fourth-order valence-electron chi connectivity index (χ4n) is 2.44. The van der Waals surface area contributed by atoms with Crippen molar-refractivity contribution in [2.75, 3.05) is 6.61 Å². The van der Waals surface area contributed by atoms with Crippen molar-refractivity contribution in [1.82, 2.24) is 0 Å². The highest BCUT2D eigenvalue weighted by molar-refractivity contribution is 5.30. The topological polar surface area (TPSA) is 29.5 Å². The van der Waals surface area contributed by atoms with E-state index in [9.17, 15) is 5.11 Å². The Morgan fingerprint density at radius 1 is 1.12 bits per heavy atom. The molecule has 0 bridgehead atoms. The molecule has 0 amide bonds. The second-order valence-corrected chi connectivity index (χ2v) is 4.98. The molecule has 0 spiro atoms. The standard InChI is InChI=1S/C14H18O2/c15-13-6-7-16-14(9-13)12-3-1-2-11(8-12)10-4-5-10/h1-3,8,10,13-15H,4-7,9H2. The Hall–Kier alpha value is -0.860. The van der Waals surface area contributed by atoms with Crippen LogP contribution in [0.4, 0.5) is 0 Å². The van der Waals surface area contributed by atoms with E-state index in [2.05, 4.69) is 24.3 Å². The van der Waals surface area contributed by atoms with E-state index in [0.717, 1.165) is 18.8 Å². The zero-order valence-electron chi connectivity index (χ0n) is 9.43. The molecule has 2 atom stereocenters. The molecule has 3 rings (SSSR count). The van der Waals surface area contributed by atoms with E-state index in [4.69, 9.17) is 4.74 Å². The van der Waals surface area contributed by atoms with Crippen molar-refractivity contribution in [1.29, 1.82) is 0 Å². The Balaban J connectivity index is 1.79. The number of ether oxygens (including phenoxy) is 1. The SMILES string of the molecule is OC1CCOC(c2cccc(C3CC3)c2)C1. The molecular formula is C14H18O2. The Morgan fingerprint density at radius 2 is 1.94 bits per heavy atom. The summed E-state index contributed by atoms with van der Waals surface area (Å²) in [7, 11) is 0. The first kappa shape index (κ1) is 10.3. The maximum atomic E-state index is 9.65. The Morgan fingerprint density at radius 3 is 2.69 bits per heavy atom. The molecule has 2 aliphatic rings. The first-order valence-electron chi connectivity index (χ1n) is 6.22. The van der Waals surface area contributed by atoms with Crippen molar-refractivity contribution in [3.8, 4) is 0 Å². The predicted molar refractivity (Wildman–Crippen MR) is 62.4 cm³/mol. The maximum Gasteiger partial charge on any atom is 0.0849 e. The van der Waals surface area contributed by atoms with Crippen molar-refractivity contribution in [2.45, 2.75) is 43.8 Å². The first-order chi connectivity index (χ1) is 7.83. The van der Waals surface area contributed by atoms with Crippen molar-refractivity contribution >= 4 is 0 Å². The second kappa shape index (κ2) is 4.19. The predicted octanol–water partition coefficient (Wildman–Crippen LogP) is 2.78. The van der Waals surface area contributed by atoms with Crippen LogP contribution in [-0.4, -0.2) is 17.8 Å². The van der Waals surface area contributed by atoms with Crippen molar-refractivity contribution < 1.29 is 9.84 Å². The van der Waals surface area contributed by atoms with E-state index >= 15 is 0 Å². The fourth-order valence-corrected chi connectivity index (χ4v) is 2.44. The van der Waals surface area contributed by atoms with Gasteiger partial charge in [0.15, 0.2) is 0 Å². The number of hydrogen-bond acceptors (Lipinski definition) is 2. The normalized spacial score (nSPS) is 30.3. The average Bonchev–Trinajstić information content (AvgIpc) is 3.13. The smallest absolute Gasteiger partial charge is 0.0849 e. The number of aliphatic hydroxyl groups excluding tert-OH is 1. The van der Waals surface area contributed by atoms with Gasteiger partial charge in [0.05, 0.1) is 12.2 Å². The van der Waals surface area contributed by atoms with Gasteiger partial charge < -0.3 is 9.84 Å². The Bertz CT molecular complexity index is 371. The van der Waals surface area contributed by atoms with Crippen LogP contribution in [0.5, 0.6) is 0 Å². The second-order valence-electron chi connectivity index (χ2n) is 4.98. The fraction of sp³-hybridized carbons (Fsp3) is 0.571.